The molecule has 184 valence electrons. The number of nitrogens with zero attached hydrogens (tertiary/aromatic N) is 1. The van der Waals surface area contributed by atoms with Gasteiger partial charge in [0.15, 0.2) is 0 Å². The Balaban J connectivity index is 1.97. The molecule has 3 rings (SSSR count). The minimum absolute atomic E-state index is 0.0318. The molecule has 7 heteroatoms. The maximum Gasteiger partial charge on any atom is 0.338 e. The van der Waals surface area contributed by atoms with E-state index in [4.69, 9.17) is 24.7 Å². The van der Waals surface area contributed by atoms with Crippen molar-refractivity contribution in [2.75, 3.05) is 13.7 Å². The molecule has 0 amide bonds. The van der Waals surface area contributed by atoms with Crippen LogP contribution in [-0.4, -0.2) is 19.7 Å². The van der Waals surface area contributed by atoms with Crippen LogP contribution in [0.3, 0.4) is 0 Å². The summed E-state index contributed by atoms with van der Waals surface area (Å²) >= 11 is 0. The highest BCUT2D eigenvalue weighted by molar-refractivity contribution is 5.92. The third-order valence-corrected chi connectivity index (χ3v) is 5.85. The molecule has 2 N–H and O–H groups in total. The first kappa shape index (κ1) is 25.7. The van der Waals surface area contributed by atoms with E-state index >= 15 is 0 Å². The molecule has 35 heavy (non-hydrogen) atoms. The zero-order chi connectivity index (χ0) is 25.8. The maximum atomic E-state index is 12.8. The summed E-state index contributed by atoms with van der Waals surface area (Å²) in [6.07, 6.45) is 0. The van der Waals surface area contributed by atoms with Crippen molar-refractivity contribution in [1.29, 1.82) is 5.26 Å². The lowest BCUT2D eigenvalue weighted by molar-refractivity contribution is -0.139. The number of carbonyl (C=O) groups excluding carboxylic acids is 1. The van der Waals surface area contributed by atoms with Crippen molar-refractivity contribution < 1.29 is 23.7 Å². The van der Waals surface area contributed by atoms with Crippen molar-refractivity contribution in [2.45, 2.75) is 52.6 Å². The summed E-state index contributed by atoms with van der Waals surface area (Å²) in [5.41, 5.74) is 9.11. The average Bonchev–Trinajstić information content (AvgIpc) is 2.82. The first-order valence-electron chi connectivity index (χ1n) is 11.5. The van der Waals surface area contributed by atoms with Crippen LogP contribution in [0.25, 0.3) is 0 Å². The van der Waals surface area contributed by atoms with Gasteiger partial charge in [-0.15, -0.1) is 0 Å². The summed E-state index contributed by atoms with van der Waals surface area (Å²) in [4.78, 5) is 12.8. The van der Waals surface area contributed by atoms with Gasteiger partial charge >= 0.3 is 5.97 Å². The number of rotatable bonds is 7. The molecule has 0 radical (unpaired) electrons. The van der Waals surface area contributed by atoms with Crippen LogP contribution in [0.15, 0.2) is 65.3 Å². The van der Waals surface area contributed by atoms with E-state index in [0.29, 0.717) is 17.1 Å². The Kier molecular flexibility index (Phi) is 7.75. The molecule has 1 aliphatic heterocycles. The number of nitrogens with two attached hydrogens (primary N) is 1. The zero-order valence-electron chi connectivity index (χ0n) is 21.1. The Labute approximate surface area is 206 Å². The highest BCUT2D eigenvalue weighted by Gasteiger charge is 2.36. The predicted octanol–water partition coefficient (Wildman–Crippen LogP) is 5.22. The molecule has 0 aromatic heterocycles. The summed E-state index contributed by atoms with van der Waals surface area (Å²) in [7, 11) is 1.58. The third-order valence-electron chi connectivity index (χ3n) is 5.85. The fraction of sp³-hybridized carbons (Fsp3) is 0.357. The number of carbonyl (C=O) groups is 1. The van der Waals surface area contributed by atoms with E-state index in [1.807, 2.05) is 18.2 Å². The van der Waals surface area contributed by atoms with Crippen LogP contribution in [0.2, 0.25) is 0 Å². The largest absolute Gasteiger partial charge is 0.496 e. The van der Waals surface area contributed by atoms with Crippen molar-refractivity contribution in [1.82, 2.24) is 0 Å². The number of allylic oxidation sites excluding steroid dienone is 2. The molecule has 2 aromatic rings. The van der Waals surface area contributed by atoms with Crippen LogP contribution in [0.4, 0.5) is 0 Å². The Morgan fingerprint density at radius 2 is 1.86 bits per heavy atom. The van der Waals surface area contributed by atoms with Gasteiger partial charge in [-0.05, 0) is 54.7 Å². The molecule has 0 saturated heterocycles. The van der Waals surface area contributed by atoms with Gasteiger partial charge in [0.05, 0.1) is 25.2 Å². The second kappa shape index (κ2) is 10.6. The number of ether oxygens (including phenoxy) is 4. The fourth-order valence-corrected chi connectivity index (χ4v) is 3.99. The van der Waals surface area contributed by atoms with Crippen molar-refractivity contribution in [3.05, 3.63) is 81.9 Å². The van der Waals surface area contributed by atoms with E-state index in [2.05, 4.69) is 39.0 Å². The SMILES string of the molecule is CCOC(=O)C1=C(C)OC(N)=C(C#N)C1c1ccc(OC)c(COc2ccc(C(C)(C)C)cc2)c1. The average molecular weight is 477 g/mol. The Hall–Kier alpha value is -3.92. The molecule has 1 atom stereocenters. The van der Waals surface area contributed by atoms with E-state index in [9.17, 15) is 10.1 Å². The zero-order valence-corrected chi connectivity index (χ0v) is 21.1. The number of hydrogen-bond donors (Lipinski definition) is 1. The van der Waals surface area contributed by atoms with Crippen LogP contribution < -0.4 is 15.2 Å². The maximum absolute atomic E-state index is 12.8. The number of esters is 1. The summed E-state index contributed by atoms with van der Waals surface area (Å²) in [5, 5.41) is 9.82. The van der Waals surface area contributed by atoms with Gasteiger partial charge in [-0.1, -0.05) is 39.0 Å². The van der Waals surface area contributed by atoms with E-state index in [1.54, 1.807) is 33.1 Å². The predicted molar refractivity (Wildman–Crippen MR) is 132 cm³/mol. The summed E-state index contributed by atoms with van der Waals surface area (Å²) in [6.45, 7) is 10.3. The van der Waals surface area contributed by atoms with Gasteiger partial charge in [0.1, 0.15) is 35.5 Å². The van der Waals surface area contributed by atoms with Crippen molar-refractivity contribution in [3.63, 3.8) is 0 Å². The van der Waals surface area contributed by atoms with Crippen LogP contribution in [-0.2, 0) is 26.3 Å². The quantitative estimate of drug-likeness (QED) is 0.547. The highest BCUT2D eigenvalue weighted by atomic mass is 16.5. The molecule has 0 saturated carbocycles. The molecule has 0 bridgehead atoms. The molecule has 1 unspecified atom stereocenters. The van der Waals surface area contributed by atoms with Crippen LogP contribution in [0.5, 0.6) is 11.5 Å². The van der Waals surface area contributed by atoms with Gasteiger partial charge in [0.25, 0.3) is 0 Å². The van der Waals surface area contributed by atoms with Crippen molar-refractivity contribution in [2.24, 2.45) is 5.73 Å². The topological polar surface area (TPSA) is 104 Å². The highest BCUT2D eigenvalue weighted by Crippen LogP contribution is 2.41. The fourth-order valence-electron chi connectivity index (χ4n) is 3.99. The minimum atomic E-state index is -0.733. The first-order valence-corrected chi connectivity index (χ1v) is 11.5. The Bertz CT molecular complexity index is 1200. The standard InChI is InChI=1S/C28H32N2O5/c1-7-33-27(31)24-17(2)35-26(30)22(15-29)25(24)18-8-13-23(32-6)19(14-18)16-34-21-11-9-20(10-12-21)28(3,4)5/h8-14,25H,7,16,30H2,1-6H3. The normalized spacial score (nSPS) is 15.9. The van der Waals surface area contributed by atoms with E-state index in [1.165, 1.54) is 5.56 Å². The van der Waals surface area contributed by atoms with E-state index < -0.39 is 11.9 Å². The number of hydrogen-bond acceptors (Lipinski definition) is 7. The second-order valence-electron chi connectivity index (χ2n) is 9.25. The van der Waals surface area contributed by atoms with Crippen molar-refractivity contribution in [3.8, 4) is 17.6 Å². The summed E-state index contributed by atoms with van der Waals surface area (Å²) in [5.74, 6) is 0.335. The molecule has 0 spiro atoms. The Morgan fingerprint density at radius 1 is 1.17 bits per heavy atom. The van der Waals surface area contributed by atoms with Crippen LogP contribution >= 0.6 is 0 Å². The molecule has 0 aliphatic carbocycles. The lowest BCUT2D eigenvalue weighted by Crippen LogP contribution is -2.25. The number of nitriles is 1. The number of benzene rings is 2. The third kappa shape index (κ3) is 5.60. The van der Waals surface area contributed by atoms with Gasteiger partial charge in [0, 0.05) is 5.56 Å². The second-order valence-corrected chi connectivity index (χ2v) is 9.25. The summed E-state index contributed by atoms with van der Waals surface area (Å²) < 4.78 is 22.3. The molecule has 1 heterocycles. The lowest BCUT2D eigenvalue weighted by Gasteiger charge is -2.27. The Morgan fingerprint density at radius 3 is 2.43 bits per heavy atom. The lowest BCUT2D eigenvalue weighted by atomic mass is 9.82. The van der Waals surface area contributed by atoms with E-state index in [0.717, 1.165) is 11.3 Å². The molecule has 2 aromatic carbocycles. The van der Waals surface area contributed by atoms with Gasteiger partial charge in [0.2, 0.25) is 5.88 Å². The smallest absolute Gasteiger partial charge is 0.338 e. The molecule has 0 fully saturated rings. The van der Waals surface area contributed by atoms with Crippen LogP contribution in [0.1, 0.15) is 57.2 Å². The molecule has 7 nitrogen and oxygen atoms in total. The molecular formula is C28H32N2O5. The van der Waals surface area contributed by atoms with E-state index in [-0.39, 0.29) is 35.7 Å². The van der Waals surface area contributed by atoms with Crippen molar-refractivity contribution >= 4 is 5.97 Å². The van der Waals surface area contributed by atoms with Gasteiger partial charge < -0.3 is 24.7 Å². The minimum Gasteiger partial charge on any atom is -0.496 e. The first-order chi connectivity index (χ1) is 16.6. The molecule has 1 aliphatic rings. The molecular weight excluding hydrogens is 444 g/mol. The van der Waals surface area contributed by atoms with Gasteiger partial charge in [-0.3, -0.25) is 0 Å². The number of methoxy groups -OCH3 is 1. The van der Waals surface area contributed by atoms with Gasteiger partial charge in [-0.2, -0.15) is 5.26 Å². The summed E-state index contributed by atoms with van der Waals surface area (Å²) in [6, 6.07) is 15.5. The monoisotopic (exact) mass is 476 g/mol. The van der Waals surface area contributed by atoms with Gasteiger partial charge in [-0.25, -0.2) is 4.79 Å². The van der Waals surface area contributed by atoms with Crippen LogP contribution in [0, 0.1) is 11.3 Å².